The molecule has 5 heteroatoms. The highest BCUT2D eigenvalue weighted by molar-refractivity contribution is 7.22. The van der Waals surface area contributed by atoms with Gasteiger partial charge >= 0.3 is 0 Å². The quantitative estimate of drug-likeness (QED) is 0.728. The number of nitrogen functional groups attached to an aromatic ring is 1. The summed E-state index contributed by atoms with van der Waals surface area (Å²) in [5.41, 5.74) is 8.16. The number of nitrogens with two attached hydrogens (primary N) is 1. The lowest BCUT2D eigenvalue weighted by atomic mass is 10.3. The smallest absolute Gasteiger partial charge is 0.126 e. The first-order chi connectivity index (χ1) is 8.24. The van der Waals surface area contributed by atoms with Crippen molar-refractivity contribution in [2.75, 3.05) is 5.73 Å². The second kappa shape index (κ2) is 3.98. The van der Waals surface area contributed by atoms with Gasteiger partial charge in [0, 0.05) is 18.0 Å². The largest absolute Gasteiger partial charge is 0.397 e. The summed E-state index contributed by atoms with van der Waals surface area (Å²) in [6, 6.07) is 7.56. The van der Waals surface area contributed by atoms with Crippen molar-refractivity contribution in [3.63, 3.8) is 0 Å². The van der Waals surface area contributed by atoms with Crippen LogP contribution in [0.5, 0.6) is 0 Å². The molecule has 3 aromatic rings. The summed E-state index contributed by atoms with van der Waals surface area (Å²) < 4.78 is 0.992. The first kappa shape index (κ1) is 10.5. The molecule has 0 saturated heterocycles. The summed E-state index contributed by atoms with van der Waals surface area (Å²) in [6.07, 6.45) is 3.37. The molecule has 0 bridgehead atoms. The van der Waals surface area contributed by atoms with E-state index in [0.29, 0.717) is 5.69 Å². The highest BCUT2D eigenvalue weighted by Crippen LogP contribution is 2.34. The normalized spacial score (nSPS) is 10.9. The summed E-state index contributed by atoms with van der Waals surface area (Å²) in [5.74, 6) is 0. The molecule has 0 atom stereocenters. The van der Waals surface area contributed by atoms with E-state index in [1.54, 1.807) is 23.7 Å². The Morgan fingerprint density at radius 1 is 1.24 bits per heavy atom. The van der Waals surface area contributed by atoms with Crippen molar-refractivity contribution in [3.05, 3.63) is 41.7 Å². The lowest BCUT2D eigenvalue weighted by Crippen LogP contribution is -1.86. The van der Waals surface area contributed by atoms with Crippen LogP contribution in [0.4, 0.5) is 5.69 Å². The number of pyridine rings is 1. The zero-order valence-corrected chi connectivity index (χ0v) is 10.3. The van der Waals surface area contributed by atoms with Crippen molar-refractivity contribution in [3.8, 4) is 10.6 Å². The number of nitrogens with zero attached hydrogens (tertiary/aromatic N) is 2. The molecule has 2 N–H and O–H groups in total. The van der Waals surface area contributed by atoms with Crippen molar-refractivity contribution in [1.82, 2.24) is 9.97 Å². The van der Waals surface area contributed by atoms with Gasteiger partial charge in [-0.3, -0.25) is 4.98 Å². The van der Waals surface area contributed by atoms with Crippen LogP contribution in [0.2, 0.25) is 5.02 Å². The van der Waals surface area contributed by atoms with Crippen molar-refractivity contribution in [1.29, 1.82) is 0 Å². The van der Waals surface area contributed by atoms with Gasteiger partial charge in [0.15, 0.2) is 0 Å². The van der Waals surface area contributed by atoms with Gasteiger partial charge < -0.3 is 5.73 Å². The molecule has 0 aliphatic carbocycles. The Labute approximate surface area is 107 Å². The molecule has 2 aromatic heterocycles. The lowest BCUT2D eigenvalue weighted by Gasteiger charge is -1.95. The van der Waals surface area contributed by atoms with Gasteiger partial charge in [0.1, 0.15) is 5.01 Å². The topological polar surface area (TPSA) is 51.8 Å². The third-order valence-corrected chi connectivity index (χ3v) is 3.95. The van der Waals surface area contributed by atoms with Gasteiger partial charge in [-0.05, 0) is 18.2 Å². The van der Waals surface area contributed by atoms with Gasteiger partial charge in [0.05, 0.1) is 20.9 Å². The molecule has 84 valence electrons. The number of hydrogen-bond donors (Lipinski definition) is 1. The Kier molecular flexibility index (Phi) is 2.46. The third-order valence-electron chi connectivity index (χ3n) is 2.37. The average Bonchev–Trinajstić information content (AvgIpc) is 2.74. The molecule has 0 saturated carbocycles. The van der Waals surface area contributed by atoms with Crippen molar-refractivity contribution in [2.24, 2.45) is 0 Å². The SMILES string of the molecule is Nc1cncc(-c2nc3cccc(Cl)c3s2)c1. The number of fused-ring (bicyclic) bond motifs is 1. The van der Waals surface area contributed by atoms with Crippen LogP contribution in [0.1, 0.15) is 0 Å². The molecular formula is C12H8ClN3S. The monoisotopic (exact) mass is 261 g/mol. The van der Waals surface area contributed by atoms with E-state index in [1.165, 1.54) is 0 Å². The van der Waals surface area contributed by atoms with Gasteiger partial charge in [-0.15, -0.1) is 11.3 Å². The Hall–Kier alpha value is -1.65. The van der Waals surface area contributed by atoms with E-state index in [-0.39, 0.29) is 0 Å². The summed E-state index contributed by atoms with van der Waals surface area (Å²) in [5, 5.41) is 1.61. The first-order valence-electron chi connectivity index (χ1n) is 5.00. The van der Waals surface area contributed by atoms with E-state index in [9.17, 15) is 0 Å². The molecule has 3 rings (SSSR count). The lowest BCUT2D eigenvalue weighted by molar-refractivity contribution is 1.32. The summed E-state index contributed by atoms with van der Waals surface area (Å²) in [7, 11) is 0. The van der Waals surface area contributed by atoms with Crippen LogP contribution in [0.25, 0.3) is 20.8 Å². The second-order valence-corrected chi connectivity index (χ2v) is 5.02. The molecule has 0 aliphatic rings. The van der Waals surface area contributed by atoms with Crippen LogP contribution >= 0.6 is 22.9 Å². The Morgan fingerprint density at radius 3 is 2.88 bits per heavy atom. The van der Waals surface area contributed by atoms with Crippen LogP contribution in [0.15, 0.2) is 36.7 Å². The minimum atomic E-state index is 0.632. The predicted octanol–water partition coefficient (Wildman–Crippen LogP) is 3.59. The van der Waals surface area contributed by atoms with Gasteiger partial charge in [-0.1, -0.05) is 17.7 Å². The molecule has 0 unspecified atom stereocenters. The highest BCUT2D eigenvalue weighted by Gasteiger charge is 2.08. The van der Waals surface area contributed by atoms with E-state index in [0.717, 1.165) is 25.8 Å². The molecule has 2 heterocycles. The predicted molar refractivity (Wildman–Crippen MR) is 72.3 cm³/mol. The minimum Gasteiger partial charge on any atom is -0.397 e. The van der Waals surface area contributed by atoms with Crippen LogP contribution < -0.4 is 5.73 Å². The van der Waals surface area contributed by atoms with Gasteiger partial charge in [0.2, 0.25) is 0 Å². The maximum absolute atomic E-state index is 6.12. The number of hydrogen-bond acceptors (Lipinski definition) is 4. The number of rotatable bonds is 1. The fourth-order valence-electron chi connectivity index (χ4n) is 1.61. The summed E-state index contributed by atoms with van der Waals surface area (Å²) in [6.45, 7) is 0. The molecule has 0 spiro atoms. The third kappa shape index (κ3) is 1.85. The number of anilines is 1. The van der Waals surface area contributed by atoms with Crippen LogP contribution in [-0.2, 0) is 0 Å². The fraction of sp³-hybridized carbons (Fsp3) is 0. The van der Waals surface area contributed by atoms with Crippen molar-refractivity contribution >= 4 is 38.8 Å². The van der Waals surface area contributed by atoms with Gasteiger partial charge in [-0.25, -0.2) is 4.98 Å². The van der Waals surface area contributed by atoms with Crippen LogP contribution in [0, 0.1) is 0 Å². The molecule has 0 aliphatic heterocycles. The molecular weight excluding hydrogens is 254 g/mol. The van der Waals surface area contributed by atoms with Crippen LogP contribution in [-0.4, -0.2) is 9.97 Å². The number of aromatic nitrogens is 2. The Balaban J connectivity index is 2.22. The number of thiazole rings is 1. The van der Waals surface area contributed by atoms with E-state index in [4.69, 9.17) is 17.3 Å². The molecule has 0 radical (unpaired) electrons. The maximum atomic E-state index is 6.12. The van der Waals surface area contributed by atoms with E-state index < -0.39 is 0 Å². The zero-order valence-electron chi connectivity index (χ0n) is 8.72. The van der Waals surface area contributed by atoms with E-state index in [2.05, 4.69) is 9.97 Å². The van der Waals surface area contributed by atoms with E-state index >= 15 is 0 Å². The standard InChI is InChI=1S/C12H8ClN3S/c13-9-2-1-3-10-11(9)17-12(16-10)7-4-8(14)6-15-5-7/h1-6H,14H2. The van der Waals surface area contributed by atoms with Crippen molar-refractivity contribution < 1.29 is 0 Å². The average molecular weight is 262 g/mol. The van der Waals surface area contributed by atoms with Crippen LogP contribution in [0.3, 0.4) is 0 Å². The summed E-state index contributed by atoms with van der Waals surface area (Å²) >= 11 is 7.67. The Bertz CT molecular complexity index is 693. The molecule has 0 fully saturated rings. The van der Waals surface area contributed by atoms with Crippen molar-refractivity contribution in [2.45, 2.75) is 0 Å². The summed E-state index contributed by atoms with van der Waals surface area (Å²) in [4.78, 5) is 8.59. The molecule has 1 aromatic carbocycles. The number of benzene rings is 1. The minimum absolute atomic E-state index is 0.632. The van der Waals surface area contributed by atoms with E-state index in [1.807, 2.05) is 24.3 Å². The molecule has 0 amide bonds. The molecule has 17 heavy (non-hydrogen) atoms. The first-order valence-corrected chi connectivity index (χ1v) is 6.19. The fourth-order valence-corrected chi connectivity index (χ4v) is 2.85. The zero-order chi connectivity index (χ0) is 11.8. The van der Waals surface area contributed by atoms with Gasteiger partial charge in [0.25, 0.3) is 0 Å². The maximum Gasteiger partial charge on any atom is 0.126 e. The highest BCUT2D eigenvalue weighted by atomic mass is 35.5. The second-order valence-electron chi connectivity index (χ2n) is 3.61. The number of halogens is 1. The molecule has 3 nitrogen and oxygen atoms in total. The van der Waals surface area contributed by atoms with Gasteiger partial charge in [-0.2, -0.15) is 0 Å². The Morgan fingerprint density at radius 2 is 2.12 bits per heavy atom.